The van der Waals surface area contributed by atoms with Crippen molar-refractivity contribution in [1.82, 2.24) is 4.98 Å². The van der Waals surface area contributed by atoms with Crippen LogP contribution in [0.1, 0.15) is 0 Å². The molecule has 2 unspecified atom stereocenters. The minimum absolute atomic E-state index is 0.491. The molecule has 0 aliphatic carbocycles. The number of rotatable bonds is 1. The summed E-state index contributed by atoms with van der Waals surface area (Å²) in [5.74, 6) is 0. The summed E-state index contributed by atoms with van der Waals surface area (Å²) < 4.78 is 0. The van der Waals surface area contributed by atoms with E-state index in [-0.39, 0.29) is 0 Å². The Morgan fingerprint density at radius 1 is 1.15 bits per heavy atom. The van der Waals surface area contributed by atoms with Crippen molar-refractivity contribution in [2.75, 3.05) is 18.0 Å². The van der Waals surface area contributed by atoms with Gasteiger partial charge < -0.3 is 15.1 Å². The Morgan fingerprint density at radius 3 is 2.23 bits per heavy atom. The number of aromatic nitrogens is 1. The molecule has 2 rings (SSSR count). The van der Waals surface area contributed by atoms with Crippen LogP contribution in [0, 0.1) is 0 Å². The third-order valence-electron chi connectivity index (χ3n) is 2.29. The molecule has 0 spiro atoms. The van der Waals surface area contributed by atoms with E-state index >= 15 is 0 Å². The Hall–Kier alpha value is -1.13. The Labute approximate surface area is 76.5 Å². The van der Waals surface area contributed by atoms with Gasteiger partial charge in [-0.15, -0.1) is 0 Å². The Balaban J connectivity index is 2.12. The number of anilines is 1. The van der Waals surface area contributed by atoms with Crippen molar-refractivity contribution in [2.24, 2.45) is 0 Å². The van der Waals surface area contributed by atoms with Crippen LogP contribution in [-0.4, -0.2) is 40.5 Å². The first-order valence-electron chi connectivity index (χ1n) is 4.28. The second kappa shape index (κ2) is 3.32. The lowest BCUT2D eigenvalue weighted by atomic mass is 10.3. The molecule has 1 aliphatic heterocycles. The molecule has 0 saturated carbocycles. The van der Waals surface area contributed by atoms with Gasteiger partial charge in [0.1, 0.15) is 0 Å². The maximum atomic E-state index is 9.32. The van der Waals surface area contributed by atoms with Crippen molar-refractivity contribution in [3.05, 3.63) is 24.5 Å². The first kappa shape index (κ1) is 8.47. The fourth-order valence-corrected chi connectivity index (χ4v) is 1.54. The number of hydrogen-bond donors (Lipinski definition) is 2. The lowest BCUT2D eigenvalue weighted by Gasteiger charge is -2.16. The predicted octanol–water partition coefficient (Wildman–Crippen LogP) is -0.377. The molecular weight excluding hydrogens is 168 g/mol. The van der Waals surface area contributed by atoms with Gasteiger partial charge in [-0.1, -0.05) is 0 Å². The second-order valence-electron chi connectivity index (χ2n) is 3.25. The zero-order chi connectivity index (χ0) is 9.26. The Kier molecular flexibility index (Phi) is 2.16. The second-order valence-corrected chi connectivity index (χ2v) is 3.25. The standard InChI is InChI=1S/C9H12N2O2/c12-8-5-11(6-9(8)13)7-1-3-10-4-2-7/h1-4,8-9,12-13H,5-6H2. The highest BCUT2D eigenvalue weighted by molar-refractivity contribution is 5.46. The number of aliphatic hydroxyl groups excluding tert-OH is 2. The van der Waals surface area contributed by atoms with Gasteiger partial charge in [-0.2, -0.15) is 0 Å². The van der Waals surface area contributed by atoms with E-state index in [0.29, 0.717) is 13.1 Å². The van der Waals surface area contributed by atoms with E-state index in [4.69, 9.17) is 0 Å². The molecule has 0 aromatic carbocycles. The van der Waals surface area contributed by atoms with Crippen molar-refractivity contribution in [1.29, 1.82) is 0 Å². The summed E-state index contributed by atoms with van der Waals surface area (Å²) in [6.07, 6.45) is 2.14. The number of nitrogens with zero attached hydrogens (tertiary/aromatic N) is 2. The van der Waals surface area contributed by atoms with E-state index in [1.54, 1.807) is 12.4 Å². The molecule has 1 aromatic rings. The molecule has 2 atom stereocenters. The first-order chi connectivity index (χ1) is 6.27. The molecule has 13 heavy (non-hydrogen) atoms. The van der Waals surface area contributed by atoms with Crippen LogP contribution in [0.25, 0.3) is 0 Å². The molecule has 0 radical (unpaired) electrons. The van der Waals surface area contributed by atoms with Crippen molar-refractivity contribution < 1.29 is 10.2 Å². The highest BCUT2D eigenvalue weighted by atomic mass is 16.3. The van der Waals surface area contributed by atoms with Crippen LogP contribution in [0.4, 0.5) is 5.69 Å². The summed E-state index contributed by atoms with van der Waals surface area (Å²) in [7, 11) is 0. The fraction of sp³-hybridized carbons (Fsp3) is 0.444. The van der Waals surface area contributed by atoms with Gasteiger partial charge in [0.2, 0.25) is 0 Å². The van der Waals surface area contributed by atoms with E-state index in [9.17, 15) is 10.2 Å². The maximum Gasteiger partial charge on any atom is 0.0990 e. The molecule has 70 valence electrons. The van der Waals surface area contributed by atoms with E-state index < -0.39 is 12.2 Å². The minimum atomic E-state index is -0.631. The van der Waals surface area contributed by atoms with Gasteiger partial charge in [0.05, 0.1) is 12.2 Å². The normalized spacial score (nSPS) is 28.0. The van der Waals surface area contributed by atoms with Crippen molar-refractivity contribution in [2.45, 2.75) is 12.2 Å². The van der Waals surface area contributed by atoms with E-state index in [1.165, 1.54) is 0 Å². The Morgan fingerprint density at radius 2 is 1.69 bits per heavy atom. The smallest absolute Gasteiger partial charge is 0.0990 e. The van der Waals surface area contributed by atoms with Gasteiger partial charge in [-0.3, -0.25) is 4.98 Å². The van der Waals surface area contributed by atoms with E-state index in [0.717, 1.165) is 5.69 Å². The van der Waals surface area contributed by atoms with Gasteiger partial charge in [0.25, 0.3) is 0 Å². The first-order valence-corrected chi connectivity index (χ1v) is 4.28. The van der Waals surface area contributed by atoms with Gasteiger partial charge in [-0.25, -0.2) is 0 Å². The molecule has 0 amide bonds. The number of pyridine rings is 1. The molecular formula is C9H12N2O2. The SMILES string of the molecule is OC1CN(c2ccncc2)CC1O. The molecule has 0 bridgehead atoms. The van der Waals surface area contributed by atoms with Crippen LogP contribution in [0.5, 0.6) is 0 Å². The molecule has 1 saturated heterocycles. The third-order valence-corrected chi connectivity index (χ3v) is 2.29. The molecule has 1 aliphatic rings. The molecule has 4 nitrogen and oxygen atoms in total. The monoisotopic (exact) mass is 180 g/mol. The third kappa shape index (κ3) is 1.64. The zero-order valence-corrected chi connectivity index (χ0v) is 7.17. The summed E-state index contributed by atoms with van der Waals surface area (Å²) in [5.41, 5.74) is 0.991. The summed E-state index contributed by atoms with van der Waals surface area (Å²) in [6, 6.07) is 3.73. The highest BCUT2D eigenvalue weighted by Crippen LogP contribution is 2.19. The van der Waals surface area contributed by atoms with Gasteiger partial charge >= 0.3 is 0 Å². The molecule has 1 aromatic heterocycles. The summed E-state index contributed by atoms with van der Waals surface area (Å²) in [5, 5.41) is 18.6. The molecule has 4 heteroatoms. The van der Waals surface area contributed by atoms with Gasteiger partial charge in [-0.05, 0) is 12.1 Å². The molecule has 1 fully saturated rings. The van der Waals surface area contributed by atoms with Crippen molar-refractivity contribution in [3.63, 3.8) is 0 Å². The summed E-state index contributed by atoms with van der Waals surface area (Å²) in [4.78, 5) is 5.84. The van der Waals surface area contributed by atoms with Crippen LogP contribution >= 0.6 is 0 Å². The summed E-state index contributed by atoms with van der Waals surface area (Å²) >= 11 is 0. The lowest BCUT2D eigenvalue weighted by molar-refractivity contribution is 0.0572. The number of hydrogen-bond acceptors (Lipinski definition) is 4. The summed E-state index contributed by atoms with van der Waals surface area (Å²) in [6.45, 7) is 0.982. The minimum Gasteiger partial charge on any atom is -0.389 e. The van der Waals surface area contributed by atoms with Crippen molar-refractivity contribution in [3.8, 4) is 0 Å². The van der Waals surface area contributed by atoms with Crippen LogP contribution in [-0.2, 0) is 0 Å². The highest BCUT2D eigenvalue weighted by Gasteiger charge is 2.29. The predicted molar refractivity (Wildman–Crippen MR) is 48.5 cm³/mol. The number of β-amino-alcohol motifs (C(OH)–C–C–N with tert-alkyl or cyclic N) is 2. The van der Waals surface area contributed by atoms with Gasteiger partial charge in [0, 0.05) is 31.2 Å². The topological polar surface area (TPSA) is 56.6 Å². The lowest BCUT2D eigenvalue weighted by Crippen LogP contribution is -2.22. The van der Waals surface area contributed by atoms with Crippen LogP contribution < -0.4 is 4.90 Å². The average Bonchev–Trinajstić information content (AvgIpc) is 2.49. The fourth-order valence-electron chi connectivity index (χ4n) is 1.54. The van der Waals surface area contributed by atoms with Crippen LogP contribution in [0.15, 0.2) is 24.5 Å². The molecule has 2 N–H and O–H groups in total. The van der Waals surface area contributed by atoms with Crippen molar-refractivity contribution >= 4 is 5.69 Å². The Bertz CT molecular complexity index is 268. The maximum absolute atomic E-state index is 9.32. The quantitative estimate of drug-likeness (QED) is 0.618. The number of aliphatic hydroxyl groups is 2. The van der Waals surface area contributed by atoms with Crippen LogP contribution in [0.2, 0.25) is 0 Å². The largest absolute Gasteiger partial charge is 0.389 e. The van der Waals surface area contributed by atoms with Crippen LogP contribution in [0.3, 0.4) is 0 Å². The molecule has 2 heterocycles. The zero-order valence-electron chi connectivity index (χ0n) is 7.17. The van der Waals surface area contributed by atoms with Gasteiger partial charge in [0.15, 0.2) is 0 Å². The average molecular weight is 180 g/mol. The van der Waals surface area contributed by atoms with E-state index in [1.807, 2.05) is 17.0 Å². The van der Waals surface area contributed by atoms with E-state index in [2.05, 4.69) is 4.98 Å².